The molecule has 0 atom stereocenters. The van der Waals surface area contributed by atoms with E-state index in [4.69, 9.17) is 4.74 Å². The molecule has 2 aromatic rings. The van der Waals surface area contributed by atoms with Crippen molar-refractivity contribution >= 4 is 23.0 Å². The lowest BCUT2D eigenvalue weighted by Gasteiger charge is -2.56. The van der Waals surface area contributed by atoms with Crippen LogP contribution < -0.4 is 15.4 Å². The summed E-state index contributed by atoms with van der Waals surface area (Å²) in [5, 5.41) is 17.7. The van der Waals surface area contributed by atoms with E-state index in [0.717, 1.165) is 37.0 Å². The van der Waals surface area contributed by atoms with E-state index in [0.29, 0.717) is 22.7 Å². The number of non-ortho nitro benzene ring substituents is 1. The third kappa shape index (κ3) is 3.73. The molecule has 0 saturated heterocycles. The van der Waals surface area contributed by atoms with E-state index in [1.54, 1.807) is 6.07 Å². The summed E-state index contributed by atoms with van der Waals surface area (Å²) < 4.78 is 5.33. The molecule has 0 unspecified atom stereocenters. The molecule has 4 bridgehead atoms. The predicted molar refractivity (Wildman–Crippen MR) is 118 cm³/mol. The van der Waals surface area contributed by atoms with E-state index >= 15 is 0 Å². The number of amides is 1. The molecule has 1 amide bonds. The van der Waals surface area contributed by atoms with E-state index in [1.807, 2.05) is 24.3 Å². The van der Waals surface area contributed by atoms with Gasteiger partial charge in [0.25, 0.3) is 11.6 Å². The summed E-state index contributed by atoms with van der Waals surface area (Å²) in [7, 11) is 1.47. The molecule has 7 heteroatoms. The van der Waals surface area contributed by atoms with Crippen LogP contribution in [-0.4, -0.2) is 23.5 Å². The Morgan fingerprint density at radius 2 is 1.68 bits per heavy atom. The van der Waals surface area contributed by atoms with Crippen LogP contribution in [0.15, 0.2) is 42.5 Å². The Morgan fingerprint density at radius 3 is 2.29 bits per heavy atom. The lowest BCUT2D eigenvalue weighted by Crippen LogP contribution is -2.59. The zero-order valence-corrected chi connectivity index (χ0v) is 17.6. The van der Waals surface area contributed by atoms with Gasteiger partial charge in [-0.25, -0.2) is 0 Å². The van der Waals surface area contributed by atoms with Crippen molar-refractivity contribution in [2.24, 2.45) is 17.8 Å². The van der Waals surface area contributed by atoms with Crippen LogP contribution in [0.4, 0.5) is 17.1 Å². The minimum atomic E-state index is -0.459. The maximum atomic E-state index is 13.4. The van der Waals surface area contributed by atoms with Gasteiger partial charge in [-0.3, -0.25) is 14.9 Å². The van der Waals surface area contributed by atoms with Gasteiger partial charge >= 0.3 is 0 Å². The first-order valence-corrected chi connectivity index (χ1v) is 11.0. The second-order valence-electron chi connectivity index (χ2n) is 9.46. The lowest BCUT2D eigenvalue weighted by molar-refractivity contribution is -0.384. The normalized spacial score (nSPS) is 28.2. The number of hydrogen-bond acceptors (Lipinski definition) is 5. The molecule has 6 rings (SSSR count). The first kappa shape index (κ1) is 19.8. The highest BCUT2D eigenvalue weighted by molar-refractivity contribution is 6.01. The number of benzene rings is 2. The number of nitro groups is 1. The van der Waals surface area contributed by atoms with Crippen LogP contribution >= 0.6 is 0 Å². The molecule has 4 aliphatic carbocycles. The van der Waals surface area contributed by atoms with Crippen LogP contribution in [0.1, 0.15) is 48.9 Å². The largest absolute Gasteiger partial charge is 0.494 e. The summed E-state index contributed by atoms with van der Waals surface area (Å²) in [5.74, 6) is 2.55. The number of methoxy groups -OCH3 is 1. The van der Waals surface area contributed by atoms with E-state index in [2.05, 4.69) is 10.6 Å². The second-order valence-corrected chi connectivity index (χ2v) is 9.46. The van der Waals surface area contributed by atoms with E-state index in [9.17, 15) is 14.9 Å². The Balaban J connectivity index is 1.39. The number of nitro benzene ring substituents is 1. The predicted octanol–water partition coefficient (Wildman–Crippen LogP) is 5.05. The van der Waals surface area contributed by atoms with Crippen LogP contribution in [0.3, 0.4) is 0 Å². The Kier molecular flexibility index (Phi) is 4.84. The Bertz CT molecular complexity index is 1000. The summed E-state index contributed by atoms with van der Waals surface area (Å²) in [6.07, 6.45) is 7.26. The molecular weight excluding hydrogens is 394 g/mol. The van der Waals surface area contributed by atoms with Crippen molar-refractivity contribution in [3.63, 3.8) is 0 Å². The van der Waals surface area contributed by atoms with Gasteiger partial charge in [-0.15, -0.1) is 0 Å². The minimum Gasteiger partial charge on any atom is -0.494 e. The van der Waals surface area contributed by atoms with E-state index in [1.165, 1.54) is 38.5 Å². The van der Waals surface area contributed by atoms with Crippen molar-refractivity contribution in [1.82, 2.24) is 5.32 Å². The van der Waals surface area contributed by atoms with Gasteiger partial charge in [-0.05, 0) is 74.5 Å². The van der Waals surface area contributed by atoms with Gasteiger partial charge in [-0.1, -0.05) is 12.1 Å². The van der Waals surface area contributed by atoms with E-state index < -0.39 is 4.92 Å². The van der Waals surface area contributed by atoms with Gasteiger partial charge in [0.05, 0.1) is 35.0 Å². The van der Waals surface area contributed by atoms with Crippen molar-refractivity contribution in [3.05, 3.63) is 58.1 Å². The standard InChI is InChI=1S/C24H27N3O4/c1-31-22-11-18(27(29)30)6-7-21(22)25-20-5-3-2-4-19(20)23(28)26-24-12-15-8-16(13-24)10-17(9-15)14-24/h2-7,11,15-17,25H,8-10,12-14H2,1H3,(H,26,28). The highest BCUT2D eigenvalue weighted by Crippen LogP contribution is 2.55. The van der Waals surface area contributed by atoms with E-state index in [-0.39, 0.29) is 17.1 Å². The average Bonchev–Trinajstić information content (AvgIpc) is 2.73. The molecule has 7 nitrogen and oxygen atoms in total. The maximum Gasteiger partial charge on any atom is 0.273 e. The SMILES string of the molecule is COc1cc([N+](=O)[O-])ccc1Nc1ccccc1C(=O)NC12CC3CC(CC(C3)C1)C2. The zero-order chi connectivity index (χ0) is 21.6. The zero-order valence-electron chi connectivity index (χ0n) is 17.6. The van der Waals surface area contributed by atoms with Crippen molar-refractivity contribution in [3.8, 4) is 5.75 Å². The molecule has 4 fully saturated rings. The van der Waals surface area contributed by atoms with Gasteiger partial charge in [0.1, 0.15) is 5.75 Å². The van der Waals surface area contributed by atoms with Crippen LogP contribution in [0, 0.1) is 27.9 Å². The molecule has 162 valence electrons. The van der Waals surface area contributed by atoms with Crippen molar-refractivity contribution in [2.45, 2.75) is 44.1 Å². The Hall–Kier alpha value is -3.09. The molecule has 0 aromatic heterocycles. The van der Waals surface area contributed by atoms with Gasteiger partial charge in [-0.2, -0.15) is 0 Å². The number of para-hydroxylation sites is 1. The number of anilines is 2. The minimum absolute atomic E-state index is 0.0461. The summed E-state index contributed by atoms with van der Waals surface area (Å²) in [4.78, 5) is 24.0. The summed E-state index contributed by atoms with van der Waals surface area (Å²) in [6.45, 7) is 0. The second kappa shape index (κ2) is 7.55. The van der Waals surface area contributed by atoms with Gasteiger partial charge in [0, 0.05) is 11.6 Å². The fourth-order valence-electron chi connectivity index (χ4n) is 6.40. The molecule has 4 saturated carbocycles. The molecule has 2 N–H and O–H groups in total. The molecular formula is C24H27N3O4. The fraction of sp³-hybridized carbons (Fsp3) is 0.458. The third-order valence-corrected chi connectivity index (χ3v) is 7.25. The highest BCUT2D eigenvalue weighted by atomic mass is 16.6. The first-order valence-electron chi connectivity index (χ1n) is 11.0. The molecule has 31 heavy (non-hydrogen) atoms. The highest BCUT2D eigenvalue weighted by Gasteiger charge is 2.51. The molecule has 2 aromatic carbocycles. The number of ether oxygens (including phenoxy) is 1. The van der Waals surface area contributed by atoms with Crippen LogP contribution in [0.25, 0.3) is 0 Å². The van der Waals surface area contributed by atoms with Crippen LogP contribution in [-0.2, 0) is 0 Å². The Morgan fingerprint density at radius 1 is 1.03 bits per heavy atom. The lowest BCUT2D eigenvalue weighted by atomic mass is 9.53. The quantitative estimate of drug-likeness (QED) is 0.503. The molecule has 0 heterocycles. The van der Waals surface area contributed by atoms with Crippen molar-refractivity contribution in [1.29, 1.82) is 0 Å². The van der Waals surface area contributed by atoms with Crippen LogP contribution in [0.5, 0.6) is 5.75 Å². The Labute approximate surface area is 181 Å². The van der Waals surface area contributed by atoms with Gasteiger partial charge in [0.15, 0.2) is 0 Å². The molecule has 4 aliphatic rings. The average molecular weight is 421 g/mol. The monoisotopic (exact) mass is 421 g/mol. The first-order chi connectivity index (χ1) is 14.9. The molecule has 0 aliphatic heterocycles. The van der Waals surface area contributed by atoms with Gasteiger partial charge < -0.3 is 15.4 Å². The smallest absolute Gasteiger partial charge is 0.273 e. The summed E-state index contributed by atoms with van der Waals surface area (Å²) >= 11 is 0. The van der Waals surface area contributed by atoms with Crippen molar-refractivity contribution < 1.29 is 14.5 Å². The number of nitrogens with zero attached hydrogens (tertiary/aromatic N) is 1. The number of carbonyl (C=O) groups excluding carboxylic acids is 1. The van der Waals surface area contributed by atoms with Crippen LogP contribution in [0.2, 0.25) is 0 Å². The number of nitrogens with one attached hydrogen (secondary N) is 2. The summed E-state index contributed by atoms with van der Waals surface area (Å²) in [6, 6.07) is 11.8. The number of rotatable bonds is 6. The number of hydrogen-bond donors (Lipinski definition) is 2. The molecule has 0 radical (unpaired) electrons. The maximum absolute atomic E-state index is 13.4. The van der Waals surface area contributed by atoms with Gasteiger partial charge in [0.2, 0.25) is 0 Å². The molecule has 0 spiro atoms. The number of carbonyl (C=O) groups is 1. The third-order valence-electron chi connectivity index (χ3n) is 7.25. The summed E-state index contributed by atoms with van der Waals surface area (Å²) in [5.41, 5.74) is 1.68. The van der Waals surface area contributed by atoms with Crippen molar-refractivity contribution in [2.75, 3.05) is 12.4 Å². The fourth-order valence-corrected chi connectivity index (χ4v) is 6.40. The topological polar surface area (TPSA) is 93.5 Å².